The fourth-order valence-electron chi connectivity index (χ4n) is 2.39. The summed E-state index contributed by atoms with van der Waals surface area (Å²) < 4.78 is 26.1. The number of nitrogens with zero attached hydrogens (tertiary/aromatic N) is 1. The van der Waals surface area contributed by atoms with Crippen molar-refractivity contribution in [3.63, 3.8) is 0 Å². The summed E-state index contributed by atoms with van der Waals surface area (Å²) in [6.07, 6.45) is 5.15. The Kier molecular flexibility index (Phi) is 6.96. The Balaban J connectivity index is 2.28. The lowest BCUT2D eigenvalue weighted by Gasteiger charge is -2.19. The molecule has 1 atom stereocenters. The van der Waals surface area contributed by atoms with Gasteiger partial charge in [-0.2, -0.15) is 0 Å². The van der Waals surface area contributed by atoms with Crippen LogP contribution in [0.25, 0.3) is 0 Å². The van der Waals surface area contributed by atoms with Crippen molar-refractivity contribution in [1.29, 1.82) is 0 Å². The Morgan fingerprint density at radius 1 is 1.24 bits per heavy atom. The van der Waals surface area contributed by atoms with E-state index in [1.165, 1.54) is 30.5 Å². The van der Waals surface area contributed by atoms with Crippen molar-refractivity contribution in [3.05, 3.63) is 59.4 Å². The second-order valence-corrected chi connectivity index (χ2v) is 8.25. The summed E-state index contributed by atoms with van der Waals surface area (Å²) in [7, 11) is -3.70. The molecule has 0 aliphatic carbocycles. The van der Waals surface area contributed by atoms with E-state index in [4.69, 9.17) is 11.6 Å². The number of rotatable bonds is 8. The average molecular weight is 381 g/mol. The number of sulfone groups is 1. The van der Waals surface area contributed by atoms with Crippen molar-refractivity contribution < 1.29 is 13.2 Å². The van der Waals surface area contributed by atoms with Gasteiger partial charge >= 0.3 is 0 Å². The van der Waals surface area contributed by atoms with E-state index in [2.05, 4.69) is 10.3 Å². The summed E-state index contributed by atoms with van der Waals surface area (Å²) in [6, 6.07) is 9.39. The lowest BCUT2D eigenvalue weighted by atomic mass is 10.2. The van der Waals surface area contributed by atoms with Gasteiger partial charge in [-0.1, -0.05) is 31.0 Å². The molecule has 1 unspecified atom stereocenters. The Morgan fingerprint density at radius 3 is 2.56 bits per heavy atom. The Bertz CT molecular complexity index is 793. The first-order valence-corrected chi connectivity index (χ1v) is 10.0. The minimum absolute atomic E-state index is 0.000793. The van der Waals surface area contributed by atoms with Crippen molar-refractivity contribution in [2.24, 2.45) is 0 Å². The largest absolute Gasteiger partial charge is 0.354 e. The van der Waals surface area contributed by atoms with Crippen LogP contribution in [-0.4, -0.2) is 25.9 Å². The van der Waals surface area contributed by atoms with Crippen LogP contribution in [0.2, 0.25) is 5.02 Å². The van der Waals surface area contributed by atoms with E-state index in [0.29, 0.717) is 17.0 Å². The normalized spacial score (nSPS) is 12.6. The fraction of sp³-hybridized carbons (Fsp3) is 0.333. The summed E-state index contributed by atoms with van der Waals surface area (Å²) in [5.74, 6) is -0.151. The highest BCUT2D eigenvalue weighted by atomic mass is 35.5. The smallest absolute Gasteiger partial charge is 0.220 e. The van der Waals surface area contributed by atoms with Gasteiger partial charge in [0.15, 0.2) is 9.84 Å². The number of unbranched alkanes of at least 4 members (excludes halogenated alkanes) is 1. The first kappa shape index (κ1) is 19.4. The first-order valence-electron chi connectivity index (χ1n) is 8.11. The van der Waals surface area contributed by atoms with Crippen molar-refractivity contribution >= 4 is 27.3 Å². The van der Waals surface area contributed by atoms with E-state index in [0.717, 1.165) is 12.8 Å². The molecule has 1 heterocycles. The van der Waals surface area contributed by atoms with Crippen LogP contribution in [0, 0.1) is 0 Å². The van der Waals surface area contributed by atoms with E-state index < -0.39 is 15.1 Å². The van der Waals surface area contributed by atoms with Gasteiger partial charge in [0, 0.05) is 30.4 Å². The van der Waals surface area contributed by atoms with Crippen LogP contribution >= 0.6 is 11.6 Å². The predicted octanol–water partition coefficient (Wildman–Crippen LogP) is 3.56. The van der Waals surface area contributed by atoms with E-state index in [1.54, 1.807) is 18.3 Å². The summed E-state index contributed by atoms with van der Waals surface area (Å²) in [6.45, 7) is 2.00. The molecule has 0 aliphatic heterocycles. The predicted molar refractivity (Wildman–Crippen MR) is 98.2 cm³/mol. The van der Waals surface area contributed by atoms with Gasteiger partial charge in [0.2, 0.25) is 5.91 Å². The van der Waals surface area contributed by atoms with Crippen LogP contribution in [0.1, 0.15) is 37.0 Å². The highest BCUT2D eigenvalue weighted by Crippen LogP contribution is 2.28. The van der Waals surface area contributed by atoms with Gasteiger partial charge in [-0.25, -0.2) is 8.42 Å². The molecule has 7 heteroatoms. The van der Waals surface area contributed by atoms with Crippen LogP contribution in [-0.2, 0) is 14.6 Å². The van der Waals surface area contributed by atoms with Gasteiger partial charge < -0.3 is 5.32 Å². The van der Waals surface area contributed by atoms with Crippen molar-refractivity contribution in [2.75, 3.05) is 6.54 Å². The van der Waals surface area contributed by atoms with Crippen LogP contribution < -0.4 is 5.32 Å². The second-order valence-electron chi connectivity index (χ2n) is 5.68. The molecule has 1 amide bonds. The molecule has 134 valence electrons. The molecule has 0 spiro atoms. The average Bonchev–Trinajstić information content (AvgIpc) is 2.61. The van der Waals surface area contributed by atoms with Gasteiger partial charge in [-0.15, -0.1) is 0 Å². The first-order chi connectivity index (χ1) is 11.9. The Morgan fingerprint density at radius 2 is 1.96 bits per heavy atom. The molecule has 0 saturated carbocycles. The van der Waals surface area contributed by atoms with Crippen molar-refractivity contribution in [3.8, 4) is 0 Å². The molecule has 25 heavy (non-hydrogen) atoms. The minimum atomic E-state index is -3.70. The summed E-state index contributed by atoms with van der Waals surface area (Å²) in [5, 5.41) is 2.28. The maximum absolute atomic E-state index is 13.0. The van der Waals surface area contributed by atoms with Crippen molar-refractivity contribution in [1.82, 2.24) is 10.3 Å². The third-order valence-corrected chi connectivity index (χ3v) is 6.18. The molecule has 0 radical (unpaired) electrons. The second kappa shape index (κ2) is 8.97. The molecular weight excluding hydrogens is 360 g/mol. The highest BCUT2D eigenvalue weighted by molar-refractivity contribution is 7.91. The minimum Gasteiger partial charge on any atom is -0.354 e. The molecule has 2 rings (SSSR count). The van der Waals surface area contributed by atoms with Crippen LogP contribution in [0.3, 0.4) is 0 Å². The zero-order valence-corrected chi connectivity index (χ0v) is 15.6. The molecule has 1 aromatic heterocycles. The standard InChI is InChI=1S/C18H21ClN2O3S/c1-2-3-6-18(22)21-13-17(14-5-4-11-20-12-14)25(23,24)16-9-7-15(19)8-10-16/h4-5,7-12,17H,2-3,6,13H2,1H3,(H,21,22). The zero-order chi connectivity index (χ0) is 18.3. The van der Waals surface area contributed by atoms with Crippen LogP contribution in [0.15, 0.2) is 53.7 Å². The maximum Gasteiger partial charge on any atom is 0.220 e. The van der Waals surface area contributed by atoms with Gasteiger partial charge in [-0.05, 0) is 42.3 Å². The molecule has 0 fully saturated rings. The summed E-state index contributed by atoms with van der Waals surface area (Å²) in [4.78, 5) is 16.1. The van der Waals surface area contributed by atoms with Gasteiger partial charge in [0.25, 0.3) is 0 Å². The van der Waals surface area contributed by atoms with E-state index in [1.807, 2.05) is 6.92 Å². The van der Waals surface area contributed by atoms with Gasteiger partial charge in [-0.3, -0.25) is 9.78 Å². The number of benzene rings is 1. The van der Waals surface area contributed by atoms with E-state index in [-0.39, 0.29) is 17.3 Å². The molecule has 1 N–H and O–H groups in total. The Labute approximate surface area is 153 Å². The number of carbonyl (C=O) groups is 1. The molecule has 5 nitrogen and oxygen atoms in total. The zero-order valence-electron chi connectivity index (χ0n) is 14.0. The number of aromatic nitrogens is 1. The van der Waals surface area contributed by atoms with Crippen molar-refractivity contribution in [2.45, 2.75) is 36.3 Å². The number of pyridine rings is 1. The van der Waals surface area contributed by atoms with Gasteiger partial charge in [0.1, 0.15) is 5.25 Å². The number of nitrogens with one attached hydrogen (secondary N) is 1. The quantitative estimate of drug-likeness (QED) is 0.759. The Hall–Kier alpha value is -1.92. The fourth-order valence-corrected chi connectivity index (χ4v) is 4.16. The van der Waals surface area contributed by atoms with Gasteiger partial charge in [0.05, 0.1) is 4.90 Å². The lowest BCUT2D eigenvalue weighted by Crippen LogP contribution is -2.31. The number of carbonyl (C=O) groups excluding carboxylic acids is 1. The van der Waals surface area contributed by atoms with Crippen LogP contribution in [0.4, 0.5) is 0 Å². The number of amides is 1. The molecule has 0 aliphatic rings. The number of hydrogen-bond donors (Lipinski definition) is 1. The molecule has 0 saturated heterocycles. The summed E-state index contributed by atoms with van der Waals surface area (Å²) in [5.41, 5.74) is 0.535. The molecule has 1 aromatic carbocycles. The third-order valence-electron chi connectivity index (χ3n) is 3.81. The monoisotopic (exact) mass is 380 g/mol. The number of halogens is 1. The van der Waals surface area contributed by atoms with E-state index >= 15 is 0 Å². The van der Waals surface area contributed by atoms with Crippen LogP contribution in [0.5, 0.6) is 0 Å². The molecule has 2 aromatic rings. The summed E-state index contributed by atoms with van der Waals surface area (Å²) >= 11 is 5.85. The highest BCUT2D eigenvalue weighted by Gasteiger charge is 2.29. The molecular formula is C18H21ClN2O3S. The lowest BCUT2D eigenvalue weighted by molar-refractivity contribution is -0.121. The number of hydrogen-bond acceptors (Lipinski definition) is 4. The maximum atomic E-state index is 13.0. The molecule has 0 bridgehead atoms. The van der Waals surface area contributed by atoms with E-state index in [9.17, 15) is 13.2 Å². The third kappa shape index (κ3) is 5.28. The SMILES string of the molecule is CCCCC(=O)NCC(c1cccnc1)S(=O)(=O)c1ccc(Cl)cc1. The topological polar surface area (TPSA) is 76.1 Å².